The summed E-state index contributed by atoms with van der Waals surface area (Å²) in [5.41, 5.74) is 2.59. The second-order valence-corrected chi connectivity index (χ2v) is 7.48. The summed E-state index contributed by atoms with van der Waals surface area (Å²) in [5.74, 6) is 0.819. The van der Waals surface area contributed by atoms with Gasteiger partial charge in [0, 0.05) is 25.2 Å². The summed E-state index contributed by atoms with van der Waals surface area (Å²) in [6.07, 6.45) is 2.15. The van der Waals surface area contributed by atoms with Gasteiger partial charge in [-0.15, -0.1) is 0 Å². The van der Waals surface area contributed by atoms with Crippen LogP contribution in [0.1, 0.15) is 25.3 Å². The van der Waals surface area contributed by atoms with Gasteiger partial charge in [0.05, 0.1) is 17.8 Å². The Morgan fingerprint density at radius 2 is 2.00 bits per heavy atom. The lowest BCUT2D eigenvalue weighted by Gasteiger charge is -2.20. The fourth-order valence-corrected chi connectivity index (χ4v) is 3.59. The van der Waals surface area contributed by atoms with Crippen molar-refractivity contribution in [3.63, 3.8) is 0 Å². The molecule has 1 aliphatic heterocycles. The Kier molecular flexibility index (Phi) is 6.99. The van der Waals surface area contributed by atoms with E-state index in [1.807, 2.05) is 36.4 Å². The third-order valence-corrected chi connectivity index (χ3v) is 5.26. The van der Waals surface area contributed by atoms with Crippen LogP contribution in [0.5, 0.6) is 5.75 Å². The van der Waals surface area contributed by atoms with Crippen LogP contribution in [0.15, 0.2) is 42.5 Å². The molecular formula is C22H26ClN3O3. The van der Waals surface area contributed by atoms with E-state index in [1.54, 1.807) is 25.0 Å². The Bertz CT molecular complexity index is 870. The van der Waals surface area contributed by atoms with Crippen molar-refractivity contribution >= 4 is 34.8 Å². The zero-order chi connectivity index (χ0) is 20.8. The fourth-order valence-electron chi connectivity index (χ4n) is 3.31. The van der Waals surface area contributed by atoms with Crippen LogP contribution in [0, 0.1) is 0 Å². The Morgan fingerprint density at radius 1 is 1.24 bits per heavy atom. The van der Waals surface area contributed by atoms with Gasteiger partial charge in [0.15, 0.2) is 0 Å². The summed E-state index contributed by atoms with van der Waals surface area (Å²) in [5, 5.41) is 6.59. The van der Waals surface area contributed by atoms with Crippen molar-refractivity contribution < 1.29 is 14.3 Å². The molecule has 7 heteroatoms. The molecule has 0 saturated carbocycles. The van der Waals surface area contributed by atoms with Gasteiger partial charge in [0.1, 0.15) is 11.8 Å². The molecule has 1 heterocycles. The number of carbonyl (C=O) groups is 2. The van der Waals surface area contributed by atoms with Crippen molar-refractivity contribution in [2.75, 3.05) is 30.4 Å². The van der Waals surface area contributed by atoms with Crippen molar-refractivity contribution in [1.82, 2.24) is 5.32 Å². The number of anilines is 2. The summed E-state index contributed by atoms with van der Waals surface area (Å²) in [6.45, 7) is 3.04. The molecule has 6 nitrogen and oxygen atoms in total. The fraction of sp³-hybridized carbons (Fsp3) is 0.364. The Morgan fingerprint density at radius 3 is 2.62 bits per heavy atom. The molecule has 1 atom stereocenters. The quantitative estimate of drug-likeness (QED) is 0.690. The number of carbonyl (C=O) groups excluding carboxylic acids is 2. The van der Waals surface area contributed by atoms with E-state index in [0.29, 0.717) is 24.5 Å². The van der Waals surface area contributed by atoms with Gasteiger partial charge >= 0.3 is 0 Å². The molecule has 0 radical (unpaired) electrons. The van der Waals surface area contributed by atoms with Gasteiger partial charge in [0.2, 0.25) is 11.8 Å². The first kappa shape index (κ1) is 21.0. The first-order chi connectivity index (χ1) is 14.0. The number of benzene rings is 2. The molecule has 0 aromatic heterocycles. The minimum atomic E-state index is -0.416. The molecule has 2 N–H and O–H groups in total. The van der Waals surface area contributed by atoms with Gasteiger partial charge in [-0.1, -0.05) is 23.7 Å². The average molecular weight is 416 g/mol. The number of nitrogens with zero attached hydrogens (tertiary/aromatic N) is 1. The van der Waals surface area contributed by atoms with E-state index in [-0.39, 0.29) is 11.8 Å². The summed E-state index contributed by atoms with van der Waals surface area (Å²) in [6, 6.07) is 12.8. The predicted molar refractivity (Wildman–Crippen MR) is 116 cm³/mol. The van der Waals surface area contributed by atoms with Crippen molar-refractivity contribution in [1.29, 1.82) is 0 Å². The number of amides is 2. The molecule has 2 amide bonds. The van der Waals surface area contributed by atoms with E-state index in [4.69, 9.17) is 16.3 Å². The van der Waals surface area contributed by atoms with E-state index in [9.17, 15) is 9.59 Å². The minimum absolute atomic E-state index is 0.0894. The molecule has 2 aromatic carbocycles. The first-order valence-electron chi connectivity index (χ1n) is 9.75. The van der Waals surface area contributed by atoms with Crippen LogP contribution in [0.25, 0.3) is 0 Å². The lowest BCUT2D eigenvalue weighted by atomic mass is 10.1. The molecule has 3 rings (SSSR count). The van der Waals surface area contributed by atoms with Crippen LogP contribution in [0.2, 0.25) is 5.02 Å². The van der Waals surface area contributed by atoms with Crippen LogP contribution in [0.4, 0.5) is 11.4 Å². The van der Waals surface area contributed by atoms with Gasteiger partial charge < -0.3 is 20.3 Å². The number of hydrogen-bond donors (Lipinski definition) is 2. The van der Waals surface area contributed by atoms with Crippen LogP contribution in [-0.4, -0.2) is 38.1 Å². The topological polar surface area (TPSA) is 70.7 Å². The summed E-state index contributed by atoms with van der Waals surface area (Å²) < 4.78 is 5.14. The number of halogens is 1. The van der Waals surface area contributed by atoms with Crippen LogP contribution < -0.4 is 20.3 Å². The van der Waals surface area contributed by atoms with E-state index in [0.717, 1.165) is 35.5 Å². The zero-order valence-electron chi connectivity index (χ0n) is 16.7. The van der Waals surface area contributed by atoms with E-state index >= 15 is 0 Å². The average Bonchev–Trinajstić information content (AvgIpc) is 3.14. The molecule has 0 aliphatic carbocycles. The number of methoxy groups -OCH3 is 1. The maximum Gasteiger partial charge on any atom is 0.242 e. The van der Waals surface area contributed by atoms with Gasteiger partial charge in [-0.3, -0.25) is 9.59 Å². The largest absolute Gasteiger partial charge is 0.497 e. The second kappa shape index (κ2) is 9.65. The lowest BCUT2D eigenvalue weighted by molar-refractivity contribution is -0.121. The predicted octanol–water partition coefficient (Wildman–Crippen LogP) is 3.63. The third kappa shape index (κ3) is 5.41. The number of nitrogens with one attached hydrogen (secondary N) is 2. The van der Waals surface area contributed by atoms with Crippen molar-refractivity contribution in [3.8, 4) is 5.75 Å². The summed E-state index contributed by atoms with van der Waals surface area (Å²) >= 11 is 6.37. The number of ether oxygens (including phenoxy) is 1. The molecule has 0 bridgehead atoms. The van der Waals surface area contributed by atoms with Gasteiger partial charge in [0.25, 0.3) is 0 Å². The first-order valence-corrected chi connectivity index (χ1v) is 10.1. The minimum Gasteiger partial charge on any atom is -0.497 e. The second-order valence-electron chi connectivity index (χ2n) is 7.07. The van der Waals surface area contributed by atoms with E-state index in [2.05, 4.69) is 10.6 Å². The van der Waals surface area contributed by atoms with Crippen molar-refractivity contribution in [2.24, 2.45) is 0 Å². The molecule has 154 valence electrons. The normalized spacial score (nSPS) is 14.6. The zero-order valence-corrected chi connectivity index (χ0v) is 17.5. The third-order valence-electron chi connectivity index (χ3n) is 4.96. The highest BCUT2D eigenvalue weighted by molar-refractivity contribution is 6.34. The van der Waals surface area contributed by atoms with Gasteiger partial charge in [-0.05, 0) is 55.7 Å². The maximum atomic E-state index is 12.4. The number of hydrogen-bond acceptors (Lipinski definition) is 4. The Hall–Kier alpha value is -2.73. The molecule has 29 heavy (non-hydrogen) atoms. The van der Waals surface area contributed by atoms with Crippen molar-refractivity contribution in [2.45, 2.75) is 32.2 Å². The SMILES string of the molecule is COc1ccc(CCNC(=O)[C@@H](C)Nc2ccc(N3CCCC3=O)c(Cl)c2)cc1. The standard InChI is InChI=1S/C22H26ClN3O3/c1-15(22(28)24-12-11-16-5-8-18(29-2)9-6-16)25-17-7-10-20(19(23)14-17)26-13-3-4-21(26)27/h5-10,14-15,25H,3-4,11-13H2,1-2H3,(H,24,28)/t15-/m1/s1. The molecule has 1 aliphatic rings. The molecular weight excluding hydrogens is 390 g/mol. The molecule has 2 aromatic rings. The Labute approximate surface area is 176 Å². The van der Waals surface area contributed by atoms with Crippen LogP contribution in [0.3, 0.4) is 0 Å². The lowest BCUT2D eigenvalue weighted by Crippen LogP contribution is -2.38. The molecule has 0 spiro atoms. The summed E-state index contributed by atoms with van der Waals surface area (Å²) in [4.78, 5) is 26.0. The maximum absolute atomic E-state index is 12.4. The van der Waals surface area contributed by atoms with Gasteiger partial charge in [-0.2, -0.15) is 0 Å². The monoisotopic (exact) mass is 415 g/mol. The van der Waals surface area contributed by atoms with E-state index in [1.165, 1.54) is 0 Å². The highest BCUT2D eigenvalue weighted by Gasteiger charge is 2.23. The van der Waals surface area contributed by atoms with Gasteiger partial charge in [-0.25, -0.2) is 0 Å². The summed E-state index contributed by atoms with van der Waals surface area (Å²) in [7, 11) is 1.64. The molecule has 0 unspecified atom stereocenters. The van der Waals surface area contributed by atoms with Crippen molar-refractivity contribution in [3.05, 3.63) is 53.1 Å². The smallest absolute Gasteiger partial charge is 0.242 e. The Balaban J connectivity index is 1.49. The number of rotatable bonds is 8. The highest BCUT2D eigenvalue weighted by atomic mass is 35.5. The van der Waals surface area contributed by atoms with Crippen LogP contribution in [-0.2, 0) is 16.0 Å². The molecule has 1 fully saturated rings. The highest BCUT2D eigenvalue weighted by Crippen LogP contribution is 2.31. The molecule has 1 saturated heterocycles. The van der Waals surface area contributed by atoms with E-state index < -0.39 is 6.04 Å². The van der Waals surface area contributed by atoms with Crippen LogP contribution >= 0.6 is 11.6 Å².